The van der Waals surface area contributed by atoms with Crippen LogP contribution in [0.5, 0.6) is 0 Å². The zero-order valence-electron chi connectivity index (χ0n) is 8.77. The SMILES string of the molecule is O=Cc1cc2cccc3c2n(c1=O)CCC3. The first kappa shape index (κ1) is 9.33. The Balaban J connectivity index is 2.54. The summed E-state index contributed by atoms with van der Waals surface area (Å²) >= 11 is 0. The zero-order chi connectivity index (χ0) is 11.1. The average Bonchev–Trinajstić information content (AvgIpc) is 2.33. The normalized spacial score (nSPS) is 14.0. The van der Waals surface area contributed by atoms with Crippen LogP contribution in [0.2, 0.25) is 0 Å². The van der Waals surface area contributed by atoms with Crippen molar-refractivity contribution < 1.29 is 4.79 Å². The third-order valence-corrected chi connectivity index (χ3v) is 3.18. The predicted octanol–water partition coefficient (Wildman–Crippen LogP) is 1.76. The maximum Gasteiger partial charge on any atom is 0.261 e. The predicted molar refractivity (Wildman–Crippen MR) is 61.9 cm³/mol. The number of para-hydroxylation sites is 1. The van der Waals surface area contributed by atoms with Crippen LogP contribution in [0.4, 0.5) is 0 Å². The van der Waals surface area contributed by atoms with Crippen molar-refractivity contribution in [2.24, 2.45) is 0 Å². The Hall–Kier alpha value is -1.90. The quantitative estimate of drug-likeness (QED) is 0.677. The minimum absolute atomic E-state index is 0.158. The Morgan fingerprint density at radius 3 is 3.00 bits per heavy atom. The molecular formula is C13H11NO2. The number of rotatable bonds is 1. The number of nitrogens with zero attached hydrogens (tertiary/aromatic N) is 1. The van der Waals surface area contributed by atoms with Gasteiger partial charge in [0.05, 0.1) is 11.1 Å². The van der Waals surface area contributed by atoms with Gasteiger partial charge in [-0.1, -0.05) is 18.2 Å². The van der Waals surface area contributed by atoms with E-state index in [1.54, 1.807) is 10.6 Å². The number of benzene rings is 1. The van der Waals surface area contributed by atoms with E-state index in [1.165, 1.54) is 5.56 Å². The summed E-state index contributed by atoms with van der Waals surface area (Å²) in [5.74, 6) is 0. The highest BCUT2D eigenvalue weighted by Crippen LogP contribution is 2.23. The lowest BCUT2D eigenvalue weighted by Crippen LogP contribution is -2.27. The highest BCUT2D eigenvalue weighted by molar-refractivity contribution is 5.88. The minimum atomic E-state index is -0.158. The number of carbonyl (C=O) groups is 1. The van der Waals surface area contributed by atoms with Crippen molar-refractivity contribution in [3.8, 4) is 0 Å². The highest BCUT2D eigenvalue weighted by Gasteiger charge is 2.15. The van der Waals surface area contributed by atoms with E-state index >= 15 is 0 Å². The maximum atomic E-state index is 12.0. The van der Waals surface area contributed by atoms with Gasteiger partial charge in [0.15, 0.2) is 6.29 Å². The molecule has 0 bridgehead atoms. The maximum absolute atomic E-state index is 12.0. The fourth-order valence-electron chi connectivity index (χ4n) is 2.47. The summed E-state index contributed by atoms with van der Waals surface area (Å²) in [4.78, 5) is 22.8. The molecule has 0 unspecified atom stereocenters. The van der Waals surface area contributed by atoms with Crippen LogP contribution < -0.4 is 5.56 Å². The molecule has 0 fully saturated rings. The van der Waals surface area contributed by atoms with Gasteiger partial charge in [0.2, 0.25) is 0 Å². The monoisotopic (exact) mass is 213 g/mol. The van der Waals surface area contributed by atoms with Crippen molar-refractivity contribution in [3.63, 3.8) is 0 Å². The molecular weight excluding hydrogens is 202 g/mol. The smallest absolute Gasteiger partial charge is 0.261 e. The van der Waals surface area contributed by atoms with Crippen LogP contribution in [0.3, 0.4) is 0 Å². The Morgan fingerprint density at radius 1 is 1.31 bits per heavy atom. The highest BCUT2D eigenvalue weighted by atomic mass is 16.1. The number of aryl methyl sites for hydroxylation is 2. The molecule has 0 spiro atoms. The van der Waals surface area contributed by atoms with Gasteiger partial charge in [0.1, 0.15) is 0 Å². The van der Waals surface area contributed by atoms with Crippen LogP contribution >= 0.6 is 0 Å². The lowest BCUT2D eigenvalue weighted by molar-refractivity contribution is 0.112. The number of carbonyl (C=O) groups excluding carboxylic acids is 1. The summed E-state index contributed by atoms with van der Waals surface area (Å²) in [5, 5.41) is 0.985. The first-order chi connectivity index (χ1) is 7.81. The van der Waals surface area contributed by atoms with Gasteiger partial charge in [-0.05, 0) is 29.9 Å². The molecule has 0 saturated carbocycles. The molecule has 3 heteroatoms. The summed E-state index contributed by atoms with van der Waals surface area (Å²) in [5.41, 5.74) is 2.31. The number of aldehydes is 1. The molecule has 2 heterocycles. The van der Waals surface area contributed by atoms with Crippen molar-refractivity contribution >= 4 is 17.2 Å². The Bertz CT molecular complexity index is 640. The molecule has 3 nitrogen and oxygen atoms in total. The van der Waals surface area contributed by atoms with E-state index < -0.39 is 0 Å². The molecule has 1 aliphatic rings. The third-order valence-electron chi connectivity index (χ3n) is 3.18. The molecule has 0 N–H and O–H groups in total. The summed E-state index contributed by atoms with van der Waals surface area (Å²) in [6.45, 7) is 0.716. The molecule has 3 rings (SSSR count). The van der Waals surface area contributed by atoms with Crippen molar-refractivity contribution in [2.75, 3.05) is 0 Å². The van der Waals surface area contributed by atoms with Gasteiger partial charge in [-0.2, -0.15) is 0 Å². The minimum Gasteiger partial charge on any atom is -0.307 e. The summed E-state index contributed by atoms with van der Waals surface area (Å²) in [6, 6.07) is 7.67. The molecule has 1 aliphatic heterocycles. The average molecular weight is 213 g/mol. The van der Waals surface area contributed by atoms with Crippen LogP contribution in [0, 0.1) is 0 Å². The second-order valence-corrected chi connectivity index (χ2v) is 4.13. The fraction of sp³-hybridized carbons (Fsp3) is 0.231. The number of aromatic nitrogens is 1. The van der Waals surface area contributed by atoms with Gasteiger partial charge in [-0.25, -0.2) is 0 Å². The van der Waals surface area contributed by atoms with Crippen LogP contribution in [0.15, 0.2) is 29.1 Å². The lowest BCUT2D eigenvalue weighted by Gasteiger charge is -2.19. The molecule has 1 aromatic heterocycles. The number of pyridine rings is 1. The molecule has 80 valence electrons. The van der Waals surface area contributed by atoms with E-state index in [0.717, 1.165) is 23.7 Å². The van der Waals surface area contributed by atoms with Crippen LogP contribution in [-0.4, -0.2) is 10.9 Å². The standard InChI is InChI=1S/C13H11NO2/c15-8-11-7-10-4-1-3-9-5-2-6-14(12(9)10)13(11)16/h1,3-4,7-8H,2,5-6H2. The molecule has 2 aromatic rings. The lowest BCUT2D eigenvalue weighted by atomic mass is 10.0. The Labute approximate surface area is 92.3 Å². The molecule has 0 radical (unpaired) electrons. The molecule has 16 heavy (non-hydrogen) atoms. The van der Waals surface area contributed by atoms with Gasteiger partial charge in [0.25, 0.3) is 5.56 Å². The second-order valence-electron chi connectivity index (χ2n) is 4.13. The topological polar surface area (TPSA) is 39.1 Å². The first-order valence-electron chi connectivity index (χ1n) is 5.42. The van der Waals surface area contributed by atoms with E-state index in [-0.39, 0.29) is 11.1 Å². The van der Waals surface area contributed by atoms with E-state index in [0.29, 0.717) is 12.8 Å². The largest absolute Gasteiger partial charge is 0.307 e. The van der Waals surface area contributed by atoms with Crippen LogP contribution in [0.1, 0.15) is 22.3 Å². The van der Waals surface area contributed by atoms with E-state index in [2.05, 4.69) is 6.07 Å². The van der Waals surface area contributed by atoms with Crippen molar-refractivity contribution in [1.82, 2.24) is 4.57 Å². The number of hydrogen-bond donors (Lipinski definition) is 0. The van der Waals surface area contributed by atoms with Crippen molar-refractivity contribution in [3.05, 3.63) is 45.7 Å². The van der Waals surface area contributed by atoms with E-state index in [4.69, 9.17) is 0 Å². The number of hydrogen-bond acceptors (Lipinski definition) is 2. The third kappa shape index (κ3) is 1.14. The van der Waals surface area contributed by atoms with Gasteiger partial charge < -0.3 is 4.57 Å². The van der Waals surface area contributed by atoms with Gasteiger partial charge in [-0.15, -0.1) is 0 Å². The Morgan fingerprint density at radius 2 is 2.19 bits per heavy atom. The molecule has 0 atom stereocenters. The van der Waals surface area contributed by atoms with E-state index in [1.807, 2.05) is 12.1 Å². The van der Waals surface area contributed by atoms with Crippen molar-refractivity contribution in [2.45, 2.75) is 19.4 Å². The van der Waals surface area contributed by atoms with Gasteiger partial charge >= 0.3 is 0 Å². The van der Waals surface area contributed by atoms with Gasteiger partial charge in [-0.3, -0.25) is 9.59 Å². The molecule has 0 amide bonds. The molecule has 1 aromatic carbocycles. The Kier molecular flexibility index (Phi) is 1.93. The van der Waals surface area contributed by atoms with Crippen LogP contribution in [0.25, 0.3) is 10.9 Å². The van der Waals surface area contributed by atoms with Crippen molar-refractivity contribution in [1.29, 1.82) is 0 Å². The zero-order valence-corrected chi connectivity index (χ0v) is 8.77. The van der Waals surface area contributed by atoms with Crippen LogP contribution in [-0.2, 0) is 13.0 Å². The summed E-state index contributed by atoms with van der Waals surface area (Å²) in [6.07, 6.45) is 2.62. The second kappa shape index (κ2) is 3.30. The first-order valence-corrected chi connectivity index (χ1v) is 5.42. The summed E-state index contributed by atoms with van der Waals surface area (Å²) in [7, 11) is 0. The van der Waals surface area contributed by atoms with E-state index in [9.17, 15) is 9.59 Å². The molecule has 0 saturated heterocycles. The summed E-state index contributed by atoms with van der Waals surface area (Å²) < 4.78 is 1.73. The van der Waals surface area contributed by atoms with Gasteiger partial charge in [0, 0.05) is 6.54 Å². The fourth-order valence-corrected chi connectivity index (χ4v) is 2.47. The molecule has 0 aliphatic carbocycles.